The summed E-state index contributed by atoms with van der Waals surface area (Å²) in [5.41, 5.74) is 18.9. The number of furan rings is 1. The van der Waals surface area contributed by atoms with Gasteiger partial charge in [-0.2, -0.15) is 0 Å². The highest BCUT2D eigenvalue weighted by molar-refractivity contribution is 6.09. The second-order valence-corrected chi connectivity index (χ2v) is 17.8. The van der Waals surface area contributed by atoms with Crippen molar-refractivity contribution < 1.29 is 4.42 Å². The van der Waals surface area contributed by atoms with Gasteiger partial charge in [0.25, 0.3) is 0 Å². The molecule has 0 spiro atoms. The Hall–Kier alpha value is -9.38. The Morgan fingerprint density at radius 1 is 0.243 bits per heavy atom. The van der Waals surface area contributed by atoms with E-state index in [1.165, 1.54) is 38.5 Å². The minimum atomic E-state index is 0.908. The molecule has 0 radical (unpaired) electrons. The highest BCUT2D eigenvalue weighted by Crippen LogP contribution is 2.41. The van der Waals surface area contributed by atoms with Crippen LogP contribution in [0.3, 0.4) is 0 Å². The SMILES string of the molecule is c1ccc(N(c2ccccc2)c2ccc(-c3ccc(N(c4ccc(-c5ccc(-c6ccc7oc8ccccc8c7c6)cc5)cc4)c4ccc(-n5c6ccccc6c6ccccc65)cc4)cc3)cc2)cc1. The van der Waals surface area contributed by atoms with Gasteiger partial charge in [-0.3, -0.25) is 0 Å². The molecule has 13 rings (SSSR count). The second-order valence-electron chi connectivity index (χ2n) is 17.8. The van der Waals surface area contributed by atoms with Crippen LogP contribution in [-0.2, 0) is 0 Å². The van der Waals surface area contributed by atoms with Crippen molar-refractivity contribution in [3.05, 3.63) is 273 Å². The zero-order valence-electron chi connectivity index (χ0n) is 38.2. The molecule has 0 unspecified atom stereocenters. The zero-order chi connectivity index (χ0) is 46.4. The molecule has 0 saturated heterocycles. The fraction of sp³-hybridized carbons (Fsp3) is 0. The molecule has 0 aliphatic heterocycles. The average Bonchev–Trinajstić information content (AvgIpc) is 3.98. The summed E-state index contributed by atoms with van der Waals surface area (Å²) in [6, 6.07) is 97.7. The van der Waals surface area contributed by atoms with E-state index in [0.29, 0.717) is 0 Å². The summed E-state index contributed by atoms with van der Waals surface area (Å²) in [7, 11) is 0. The van der Waals surface area contributed by atoms with Crippen molar-refractivity contribution in [1.29, 1.82) is 0 Å². The first-order valence-corrected chi connectivity index (χ1v) is 23.8. The molecule has 0 aliphatic rings. The minimum Gasteiger partial charge on any atom is -0.456 e. The third-order valence-corrected chi connectivity index (χ3v) is 13.6. The van der Waals surface area contributed by atoms with Crippen molar-refractivity contribution in [3.63, 3.8) is 0 Å². The van der Waals surface area contributed by atoms with Crippen LogP contribution in [0.25, 0.3) is 82.8 Å². The first-order valence-electron chi connectivity index (χ1n) is 23.8. The minimum absolute atomic E-state index is 0.908. The molecule has 0 bridgehead atoms. The number of rotatable bonds is 10. The molecule has 70 heavy (non-hydrogen) atoms. The molecule has 4 heteroatoms. The van der Waals surface area contributed by atoms with Gasteiger partial charge in [0.2, 0.25) is 0 Å². The summed E-state index contributed by atoms with van der Waals surface area (Å²) in [4.78, 5) is 4.64. The molecule has 0 amide bonds. The summed E-state index contributed by atoms with van der Waals surface area (Å²) >= 11 is 0. The fourth-order valence-corrected chi connectivity index (χ4v) is 10.2. The van der Waals surface area contributed by atoms with Gasteiger partial charge in [0.15, 0.2) is 0 Å². The molecule has 0 aliphatic carbocycles. The number of fused-ring (bicyclic) bond motifs is 6. The third kappa shape index (κ3) is 7.36. The molecular weight excluding hydrogens is 851 g/mol. The molecule has 330 valence electrons. The van der Waals surface area contributed by atoms with Crippen LogP contribution in [0.5, 0.6) is 0 Å². The molecule has 4 nitrogen and oxygen atoms in total. The van der Waals surface area contributed by atoms with Crippen molar-refractivity contribution in [2.24, 2.45) is 0 Å². The van der Waals surface area contributed by atoms with Gasteiger partial charge in [0.05, 0.1) is 11.0 Å². The number of hydrogen-bond acceptors (Lipinski definition) is 3. The van der Waals surface area contributed by atoms with E-state index in [4.69, 9.17) is 4.42 Å². The van der Waals surface area contributed by atoms with Crippen LogP contribution in [0.15, 0.2) is 277 Å². The molecule has 0 atom stereocenters. The Balaban J connectivity index is 0.830. The molecule has 0 saturated carbocycles. The second kappa shape index (κ2) is 17.4. The lowest BCUT2D eigenvalue weighted by Gasteiger charge is -2.26. The van der Waals surface area contributed by atoms with Gasteiger partial charge in [-0.25, -0.2) is 0 Å². The van der Waals surface area contributed by atoms with Crippen LogP contribution in [0.1, 0.15) is 0 Å². The van der Waals surface area contributed by atoms with E-state index in [1.54, 1.807) is 0 Å². The van der Waals surface area contributed by atoms with Gasteiger partial charge < -0.3 is 18.8 Å². The summed E-state index contributed by atoms with van der Waals surface area (Å²) in [6.07, 6.45) is 0. The molecule has 13 aromatic rings. The van der Waals surface area contributed by atoms with Crippen molar-refractivity contribution in [1.82, 2.24) is 4.57 Å². The number of aromatic nitrogens is 1. The first-order chi connectivity index (χ1) is 34.7. The Kier molecular flexibility index (Phi) is 10.1. The van der Waals surface area contributed by atoms with Gasteiger partial charge in [-0.15, -0.1) is 0 Å². The standard InChI is InChI=1S/C66H45N3O/c1-3-13-52(14-4-1)67(53-15-5-2-6-16-53)54-34-29-48(30-35-54)49-31-38-56(39-32-49)68(57-40-42-58(43-41-57)69-63-20-10-7-17-59(63)60-18-8-11-21-64(60)69)55-36-27-47(28-37-55)46-23-25-50(26-24-46)51-33-44-66-62(45-51)61-19-9-12-22-65(61)70-66/h1-45H. The lowest BCUT2D eigenvalue weighted by Crippen LogP contribution is -2.10. The normalized spacial score (nSPS) is 11.4. The maximum absolute atomic E-state index is 6.10. The van der Waals surface area contributed by atoms with Crippen molar-refractivity contribution in [2.75, 3.05) is 9.80 Å². The van der Waals surface area contributed by atoms with Crippen LogP contribution in [0.4, 0.5) is 34.1 Å². The third-order valence-electron chi connectivity index (χ3n) is 13.6. The van der Waals surface area contributed by atoms with Crippen molar-refractivity contribution in [3.8, 4) is 39.1 Å². The smallest absolute Gasteiger partial charge is 0.135 e. The molecule has 0 fully saturated rings. The lowest BCUT2D eigenvalue weighted by atomic mass is 9.99. The van der Waals surface area contributed by atoms with Gasteiger partial charge in [-0.1, -0.05) is 158 Å². The van der Waals surface area contributed by atoms with E-state index in [9.17, 15) is 0 Å². The first kappa shape index (κ1) is 40.9. The van der Waals surface area contributed by atoms with Crippen LogP contribution in [-0.4, -0.2) is 4.57 Å². The van der Waals surface area contributed by atoms with Crippen LogP contribution >= 0.6 is 0 Å². The Morgan fingerprint density at radius 3 is 1.04 bits per heavy atom. The topological polar surface area (TPSA) is 24.6 Å². The van der Waals surface area contributed by atoms with Gasteiger partial charge in [0.1, 0.15) is 11.2 Å². The highest BCUT2D eigenvalue weighted by Gasteiger charge is 2.17. The number of nitrogens with zero attached hydrogens (tertiary/aromatic N) is 3. The maximum Gasteiger partial charge on any atom is 0.135 e. The maximum atomic E-state index is 6.10. The van der Waals surface area contributed by atoms with Crippen LogP contribution in [0.2, 0.25) is 0 Å². The molecule has 0 N–H and O–H groups in total. The van der Waals surface area contributed by atoms with E-state index in [1.807, 2.05) is 12.1 Å². The summed E-state index contributed by atoms with van der Waals surface area (Å²) in [6.45, 7) is 0. The molecule has 2 heterocycles. The Labute approximate surface area is 406 Å². The van der Waals surface area contributed by atoms with E-state index >= 15 is 0 Å². The molecule has 11 aromatic carbocycles. The Morgan fingerprint density at radius 2 is 0.571 bits per heavy atom. The number of benzene rings is 11. The fourth-order valence-electron chi connectivity index (χ4n) is 10.2. The van der Waals surface area contributed by atoms with Crippen molar-refractivity contribution in [2.45, 2.75) is 0 Å². The van der Waals surface area contributed by atoms with Gasteiger partial charge >= 0.3 is 0 Å². The summed E-state index contributed by atoms with van der Waals surface area (Å²) in [5.74, 6) is 0. The predicted molar refractivity (Wildman–Crippen MR) is 294 cm³/mol. The van der Waals surface area contributed by atoms with Crippen LogP contribution < -0.4 is 9.80 Å². The quantitative estimate of drug-likeness (QED) is 0.137. The monoisotopic (exact) mass is 895 g/mol. The highest BCUT2D eigenvalue weighted by atomic mass is 16.3. The summed E-state index contributed by atoms with van der Waals surface area (Å²) < 4.78 is 8.47. The molecule has 2 aromatic heterocycles. The average molecular weight is 896 g/mol. The number of anilines is 6. The van der Waals surface area contributed by atoms with Gasteiger partial charge in [-0.05, 0) is 149 Å². The predicted octanol–water partition coefficient (Wildman–Crippen LogP) is 18.6. The van der Waals surface area contributed by atoms with Gasteiger partial charge in [0, 0.05) is 61.4 Å². The van der Waals surface area contributed by atoms with Crippen LogP contribution in [0, 0.1) is 0 Å². The van der Waals surface area contributed by atoms with E-state index in [2.05, 4.69) is 275 Å². The van der Waals surface area contributed by atoms with E-state index < -0.39 is 0 Å². The number of hydrogen-bond donors (Lipinski definition) is 0. The number of para-hydroxylation sites is 5. The van der Waals surface area contributed by atoms with E-state index in [-0.39, 0.29) is 0 Å². The van der Waals surface area contributed by atoms with E-state index in [0.717, 1.165) is 78.4 Å². The summed E-state index contributed by atoms with van der Waals surface area (Å²) in [5, 5.41) is 4.78. The Bertz CT molecular complexity index is 3860. The largest absolute Gasteiger partial charge is 0.456 e. The zero-order valence-corrected chi connectivity index (χ0v) is 38.2. The lowest BCUT2D eigenvalue weighted by molar-refractivity contribution is 0.669. The van der Waals surface area contributed by atoms with Crippen molar-refractivity contribution >= 4 is 77.9 Å². The molecular formula is C66H45N3O.